The number of piperidine rings is 1. The lowest BCUT2D eigenvalue weighted by Crippen LogP contribution is -2.54. The number of likely N-dealkylation sites (N-methyl/N-ethyl adjacent to an activating group) is 1. The molecule has 3 rings (SSSR count). The summed E-state index contributed by atoms with van der Waals surface area (Å²) in [6.07, 6.45) is 1.28. The van der Waals surface area contributed by atoms with Gasteiger partial charge in [-0.15, -0.1) is 0 Å². The molecule has 0 aliphatic carbocycles. The molecule has 1 heterocycles. The third-order valence-corrected chi connectivity index (χ3v) is 6.84. The first kappa shape index (κ1) is 25.7. The van der Waals surface area contributed by atoms with Crippen molar-refractivity contribution in [1.29, 1.82) is 0 Å². The molecule has 2 aromatic carbocycles. The third-order valence-electron chi connectivity index (χ3n) is 6.35. The highest BCUT2D eigenvalue weighted by molar-refractivity contribution is 9.10. The van der Waals surface area contributed by atoms with Gasteiger partial charge in [0.05, 0.1) is 7.11 Å². The van der Waals surface area contributed by atoms with Crippen LogP contribution >= 0.6 is 15.9 Å². The minimum atomic E-state index is -0.641. The molecule has 2 aromatic rings. The zero-order chi connectivity index (χ0) is 24.7. The number of nitrogens with one attached hydrogen (secondary N) is 1. The Morgan fingerprint density at radius 2 is 1.71 bits per heavy atom. The topological polar surface area (TPSA) is 79.0 Å². The molecule has 0 aromatic heterocycles. The number of carbonyl (C=O) groups is 3. The van der Waals surface area contributed by atoms with Gasteiger partial charge in [0.15, 0.2) is 0 Å². The number of carbonyl (C=O) groups excluding carboxylic acids is 3. The maximum absolute atomic E-state index is 13.4. The molecule has 8 heteroatoms. The molecule has 1 fully saturated rings. The predicted octanol–water partition coefficient (Wildman–Crippen LogP) is 3.98. The van der Waals surface area contributed by atoms with E-state index in [0.717, 1.165) is 4.47 Å². The van der Waals surface area contributed by atoms with Crippen molar-refractivity contribution in [3.05, 3.63) is 64.1 Å². The van der Waals surface area contributed by atoms with Crippen LogP contribution in [-0.2, 0) is 4.79 Å². The van der Waals surface area contributed by atoms with Crippen LogP contribution < -0.4 is 10.1 Å². The van der Waals surface area contributed by atoms with Crippen LogP contribution in [0, 0.1) is 5.92 Å². The number of halogens is 1. The van der Waals surface area contributed by atoms with Crippen LogP contribution in [0.2, 0.25) is 0 Å². The maximum atomic E-state index is 13.4. The SMILES string of the molecule is CCN(CC)C(=O)[C@@H](NC(=O)c1ccc(OC)cc1)C1CCN(C(=O)c2cccc(Br)c2)CC1. The highest BCUT2D eigenvalue weighted by atomic mass is 79.9. The maximum Gasteiger partial charge on any atom is 0.253 e. The normalized spacial score (nSPS) is 14.9. The Hall–Kier alpha value is -2.87. The first-order valence-corrected chi connectivity index (χ1v) is 12.5. The smallest absolute Gasteiger partial charge is 0.253 e. The predicted molar refractivity (Wildman–Crippen MR) is 135 cm³/mol. The van der Waals surface area contributed by atoms with Gasteiger partial charge in [-0.25, -0.2) is 0 Å². The standard InChI is InChI=1S/C26H32BrN3O4/c1-4-29(5-2)26(33)23(28-24(31)19-9-11-22(34-3)12-10-19)18-13-15-30(16-14-18)25(32)20-7-6-8-21(27)17-20/h6-12,17-18,23H,4-5,13-16H2,1-3H3,(H,28,31)/t23-/m0/s1. The molecule has 1 atom stereocenters. The second-order valence-electron chi connectivity index (χ2n) is 8.33. The highest BCUT2D eigenvalue weighted by Gasteiger charge is 2.35. The summed E-state index contributed by atoms with van der Waals surface area (Å²) in [5, 5.41) is 2.99. The fraction of sp³-hybridized carbons (Fsp3) is 0.423. The van der Waals surface area contributed by atoms with Gasteiger partial charge in [0.25, 0.3) is 11.8 Å². The van der Waals surface area contributed by atoms with Crippen molar-refractivity contribution in [2.75, 3.05) is 33.3 Å². The van der Waals surface area contributed by atoms with Crippen molar-refractivity contribution < 1.29 is 19.1 Å². The fourth-order valence-corrected chi connectivity index (χ4v) is 4.72. The van der Waals surface area contributed by atoms with E-state index in [0.29, 0.717) is 55.9 Å². The Morgan fingerprint density at radius 3 is 2.26 bits per heavy atom. The third kappa shape index (κ3) is 6.17. The van der Waals surface area contributed by atoms with Crippen LogP contribution in [0.15, 0.2) is 53.0 Å². The molecule has 0 radical (unpaired) electrons. The summed E-state index contributed by atoms with van der Waals surface area (Å²) < 4.78 is 6.03. The van der Waals surface area contributed by atoms with Crippen molar-refractivity contribution in [3.8, 4) is 5.75 Å². The van der Waals surface area contributed by atoms with Crippen molar-refractivity contribution in [1.82, 2.24) is 15.1 Å². The van der Waals surface area contributed by atoms with Crippen LogP contribution in [0.3, 0.4) is 0 Å². The lowest BCUT2D eigenvalue weighted by Gasteiger charge is -2.37. The summed E-state index contributed by atoms with van der Waals surface area (Å²) in [6.45, 7) is 6.09. The number of nitrogens with zero attached hydrogens (tertiary/aromatic N) is 2. The number of benzene rings is 2. The summed E-state index contributed by atoms with van der Waals surface area (Å²) in [5.41, 5.74) is 1.11. The van der Waals surface area contributed by atoms with E-state index in [9.17, 15) is 14.4 Å². The van der Waals surface area contributed by atoms with E-state index in [4.69, 9.17) is 4.74 Å². The molecule has 34 heavy (non-hydrogen) atoms. The Kier molecular flexibility index (Phi) is 9.10. The summed E-state index contributed by atoms with van der Waals surface area (Å²) in [6, 6.07) is 13.5. The van der Waals surface area contributed by atoms with Crippen LogP contribution in [0.25, 0.3) is 0 Å². The van der Waals surface area contributed by atoms with Gasteiger partial charge in [0.2, 0.25) is 5.91 Å². The first-order chi connectivity index (χ1) is 16.4. The Balaban J connectivity index is 1.72. The molecule has 0 spiro atoms. The van der Waals surface area contributed by atoms with E-state index in [1.165, 1.54) is 0 Å². The molecule has 0 bridgehead atoms. The minimum absolute atomic E-state index is 0.0198. The van der Waals surface area contributed by atoms with Crippen molar-refractivity contribution in [2.45, 2.75) is 32.7 Å². The van der Waals surface area contributed by atoms with Crippen LogP contribution in [0.4, 0.5) is 0 Å². The van der Waals surface area contributed by atoms with Gasteiger partial charge in [-0.1, -0.05) is 22.0 Å². The Bertz CT molecular complexity index is 999. The average Bonchev–Trinajstić information content (AvgIpc) is 2.87. The Morgan fingerprint density at radius 1 is 1.06 bits per heavy atom. The molecule has 1 aliphatic rings. The number of ether oxygens (including phenoxy) is 1. The van der Waals surface area contributed by atoms with Gasteiger partial charge in [0, 0.05) is 41.8 Å². The lowest BCUT2D eigenvalue weighted by atomic mass is 9.87. The quantitative estimate of drug-likeness (QED) is 0.560. The van der Waals surface area contributed by atoms with E-state index in [1.807, 2.05) is 36.9 Å². The largest absolute Gasteiger partial charge is 0.497 e. The highest BCUT2D eigenvalue weighted by Crippen LogP contribution is 2.25. The number of amides is 3. The molecule has 0 unspecified atom stereocenters. The van der Waals surface area contributed by atoms with Gasteiger partial charge in [0.1, 0.15) is 11.8 Å². The van der Waals surface area contributed by atoms with E-state index in [-0.39, 0.29) is 23.6 Å². The first-order valence-electron chi connectivity index (χ1n) is 11.7. The van der Waals surface area contributed by atoms with Crippen LogP contribution in [-0.4, -0.2) is 66.9 Å². The average molecular weight is 530 g/mol. The molecule has 1 N–H and O–H groups in total. The molecular formula is C26H32BrN3O4. The van der Waals surface area contributed by atoms with Gasteiger partial charge in [-0.3, -0.25) is 14.4 Å². The zero-order valence-corrected chi connectivity index (χ0v) is 21.5. The number of hydrogen-bond donors (Lipinski definition) is 1. The van der Waals surface area contributed by atoms with E-state index < -0.39 is 6.04 Å². The van der Waals surface area contributed by atoms with Gasteiger partial charge in [-0.2, -0.15) is 0 Å². The molecule has 0 saturated carbocycles. The summed E-state index contributed by atoms with van der Waals surface area (Å²) in [5.74, 6) is 0.217. The van der Waals surface area contributed by atoms with E-state index in [2.05, 4.69) is 21.2 Å². The second kappa shape index (κ2) is 12.0. The number of hydrogen-bond acceptors (Lipinski definition) is 4. The fourth-order valence-electron chi connectivity index (χ4n) is 4.32. The van der Waals surface area contributed by atoms with Gasteiger partial charge < -0.3 is 19.9 Å². The molecule has 3 amide bonds. The summed E-state index contributed by atoms with van der Waals surface area (Å²) >= 11 is 3.42. The summed E-state index contributed by atoms with van der Waals surface area (Å²) in [7, 11) is 1.57. The van der Waals surface area contributed by atoms with E-state index >= 15 is 0 Å². The molecule has 182 valence electrons. The number of methoxy groups -OCH3 is 1. The molecule has 1 saturated heterocycles. The van der Waals surface area contributed by atoms with Crippen molar-refractivity contribution in [3.63, 3.8) is 0 Å². The summed E-state index contributed by atoms with van der Waals surface area (Å²) in [4.78, 5) is 42.8. The molecule has 1 aliphatic heterocycles. The van der Waals surface area contributed by atoms with Gasteiger partial charge >= 0.3 is 0 Å². The number of likely N-dealkylation sites (tertiary alicyclic amines) is 1. The van der Waals surface area contributed by atoms with Crippen LogP contribution in [0.1, 0.15) is 47.4 Å². The van der Waals surface area contributed by atoms with Gasteiger partial charge in [-0.05, 0) is 75.1 Å². The van der Waals surface area contributed by atoms with Crippen LogP contribution in [0.5, 0.6) is 5.75 Å². The van der Waals surface area contributed by atoms with Crippen molar-refractivity contribution >= 4 is 33.7 Å². The molecule has 7 nitrogen and oxygen atoms in total. The lowest BCUT2D eigenvalue weighted by molar-refractivity contribution is -0.134. The van der Waals surface area contributed by atoms with E-state index in [1.54, 1.807) is 42.3 Å². The zero-order valence-electron chi connectivity index (χ0n) is 19.9. The molecular weight excluding hydrogens is 498 g/mol. The van der Waals surface area contributed by atoms with Crippen molar-refractivity contribution in [2.24, 2.45) is 5.92 Å². The second-order valence-corrected chi connectivity index (χ2v) is 9.25. The Labute approximate surface area is 209 Å². The minimum Gasteiger partial charge on any atom is -0.497 e. The number of rotatable bonds is 8. The monoisotopic (exact) mass is 529 g/mol.